The zero-order valence-corrected chi connectivity index (χ0v) is 8.44. The Hall–Kier alpha value is -2.18. The van der Waals surface area contributed by atoms with Gasteiger partial charge in [0.25, 0.3) is 0 Å². The Labute approximate surface area is 90.5 Å². The van der Waals surface area contributed by atoms with E-state index >= 15 is 0 Å². The standard InChI is InChI=1S/C9H10FN3O3/c1-5(9(11)12)16-8-4-6(10)2-3-7(8)13(14)15/h2-5H,1H3,(H3,11,12). The minimum absolute atomic E-state index is 0.243. The molecule has 3 N–H and O–H groups in total. The van der Waals surface area contributed by atoms with Gasteiger partial charge in [0.15, 0.2) is 6.10 Å². The van der Waals surface area contributed by atoms with Crippen molar-refractivity contribution in [1.82, 2.24) is 0 Å². The summed E-state index contributed by atoms with van der Waals surface area (Å²) in [5.41, 5.74) is 4.78. The molecule has 0 spiro atoms. The third-order valence-electron chi connectivity index (χ3n) is 1.86. The number of ether oxygens (including phenoxy) is 1. The van der Waals surface area contributed by atoms with Crippen LogP contribution in [0.2, 0.25) is 0 Å². The molecule has 1 aromatic carbocycles. The topological polar surface area (TPSA) is 102 Å². The van der Waals surface area contributed by atoms with Crippen LogP contribution in [0, 0.1) is 21.3 Å². The van der Waals surface area contributed by atoms with E-state index < -0.39 is 16.8 Å². The van der Waals surface area contributed by atoms with Crippen molar-refractivity contribution in [3.63, 3.8) is 0 Å². The molecule has 16 heavy (non-hydrogen) atoms. The molecule has 1 aromatic rings. The Bertz CT molecular complexity index is 436. The van der Waals surface area contributed by atoms with Gasteiger partial charge in [-0.15, -0.1) is 0 Å². The maximum atomic E-state index is 12.9. The fourth-order valence-corrected chi connectivity index (χ4v) is 0.987. The number of nitro groups is 1. The molecule has 0 bridgehead atoms. The molecule has 0 saturated heterocycles. The lowest BCUT2D eigenvalue weighted by molar-refractivity contribution is -0.386. The van der Waals surface area contributed by atoms with Gasteiger partial charge in [-0.1, -0.05) is 0 Å². The van der Waals surface area contributed by atoms with Gasteiger partial charge in [-0.25, -0.2) is 4.39 Å². The van der Waals surface area contributed by atoms with Crippen LogP contribution in [0.15, 0.2) is 18.2 Å². The van der Waals surface area contributed by atoms with E-state index in [-0.39, 0.29) is 17.3 Å². The van der Waals surface area contributed by atoms with Crippen LogP contribution >= 0.6 is 0 Å². The van der Waals surface area contributed by atoms with Crippen LogP contribution in [-0.2, 0) is 0 Å². The van der Waals surface area contributed by atoms with Gasteiger partial charge in [-0.05, 0) is 13.0 Å². The summed E-state index contributed by atoms with van der Waals surface area (Å²) in [5, 5.41) is 17.7. The molecule has 0 aliphatic heterocycles. The SMILES string of the molecule is CC(Oc1cc(F)ccc1[N+](=O)[O-])C(=N)N. The second-order valence-electron chi connectivity index (χ2n) is 3.08. The third kappa shape index (κ3) is 2.66. The lowest BCUT2D eigenvalue weighted by Gasteiger charge is -2.12. The molecule has 6 nitrogen and oxygen atoms in total. The minimum Gasteiger partial charge on any atom is -0.476 e. The molecule has 0 heterocycles. The number of nitrogens with one attached hydrogen (secondary N) is 1. The highest BCUT2D eigenvalue weighted by Gasteiger charge is 2.18. The lowest BCUT2D eigenvalue weighted by atomic mass is 10.3. The number of nitrogens with two attached hydrogens (primary N) is 1. The van der Waals surface area contributed by atoms with Gasteiger partial charge in [-0.2, -0.15) is 0 Å². The first-order valence-corrected chi connectivity index (χ1v) is 4.36. The molecule has 1 unspecified atom stereocenters. The van der Waals surface area contributed by atoms with E-state index in [4.69, 9.17) is 15.9 Å². The summed E-state index contributed by atoms with van der Waals surface area (Å²) in [7, 11) is 0. The zero-order chi connectivity index (χ0) is 12.3. The number of rotatable bonds is 4. The van der Waals surface area contributed by atoms with E-state index in [1.807, 2.05) is 0 Å². The van der Waals surface area contributed by atoms with E-state index in [9.17, 15) is 14.5 Å². The van der Waals surface area contributed by atoms with Crippen LogP contribution in [0.25, 0.3) is 0 Å². The third-order valence-corrected chi connectivity index (χ3v) is 1.86. The van der Waals surface area contributed by atoms with Crippen LogP contribution in [0.3, 0.4) is 0 Å². The van der Waals surface area contributed by atoms with Crippen molar-refractivity contribution < 1.29 is 14.1 Å². The molecular weight excluding hydrogens is 217 g/mol. The summed E-state index contributed by atoms with van der Waals surface area (Å²) >= 11 is 0. The summed E-state index contributed by atoms with van der Waals surface area (Å²) in [6, 6.07) is 2.85. The zero-order valence-electron chi connectivity index (χ0n) is 8.44. The molecule has 0 fully saturated rings. The maximum absolute atomic E-state index is 12.9. The Morgan fingerprint density at radius 2 is 2.31 bits per heavy atom. The molecule has 0 aliphatic carbocycles. The number of hydrogen-bond acceptors (Lipinski definition) is 4. The smallest absolute Gasteiger partial charge is 0.311 e. The van der Waals surface area contributed by atoms with Crippen molar-refractivity contribution in [1.29, 1.82) is 5.41 Å². The lowest BCUT2D eigenvalue weighted by Crippen LogP contribution is -2.30. The fourth-order valence-electron chi connectivity index (χ4n) is 0.987. The molecule has 0 saturated carbocycles. The number of nitrogens with zero attached hydrogens (tertiary/aromatic N) is 1. The highest BCUT2D eigenvalue weighted by molar-refractivity contribution is 5.81. The first kappa shape index (κ1) is 11.9. The predicted molar refractivity (Wildman–Crippen MR) is 55.1 cm³/mol. The number of hydrogen-bond donors (Lipinski definition) is 2. The summed E-state index contributed by atoms with van der Waals surface area (Å²) in [6.07, 6.45) is -0.847. The molecule has 0 radical (unpaired) electrons. The van der Waals surface area contributed by atoms with Crippen molar-refractivity contribution in [2.45, 2.75) is 13.0 Å². The number of benzene rings is 1. The van der Waals surface area contributed by atoms with Crippen molar-refractivity contribution >= 4 is 11.5 Å². The van der Waals surface area contributed by atoms with Gasteiger partial charge < -0.3 is 10.5 Å². The van der Waals surface area contributed by atoms with Crippen molar-refractivity contribution in [3.8, 4) is 5.75 Å². The molecule has 7 heteroatoms. The molecule has 86 valence electrons. The summed E-state index contributed by atoms with van der Waals surface area (Å²) < 4.78 is 17.9. The van der Waals surface area contributed by atoms with E-state index in [1.54, 1.807) is 0 Å². The van der Waals surface area contributed by atoms with E-state index in [0.29, 0.717) is 0 Å². The van der Waals surface area contributed by atoms with E-state index in [1.165, 1.54) is 6.92 Å². The Balaban J connectivity index is 3.05. The molecule has 0 amide bonds. The van der Waals surface area contributed by atoms with Crippen LogP contribution in [-0.4, -0.2) is 16.9 Å². The average molecular weight is 227 g/mol. The maximum Gasteiger partial charge on any atom is 0.311 e. The number of nitro benzene ring substituents is 1. The monoisotopic (exact) mass is 227 g/mol. The Kier molecular flexibility index (Phi) is 3.39. The quantitative estimate of drug-likeness (QED) is 0.351. The highest BCUT2D eigenvalue weighted by atomic mass is 19.1. The van der Waals surface area contributed by atoms with Crippen LogP contribution in [0.5, 0.6) is 5.75 Å². The van der Waals surface area contributed by atoms with Gasteiger partial charge in [0, 0.05) is 12.1 Å². The first-order valence-electron chi connectivity index (χ1n) is 4.36. The largest absolute Gasteiger partial charge is 0.476 e. The normalized spacial score (nSPS) is 11.9. The van der Waals surface area contributed by atoms with Gasteiger partial charge >= 0.3 is 5.69 Å². The van der Waals surface area contributed by atoms with Gasteiger partial charge in [-0.3, -0.25) is 15.5 Å². The average Bonchev–Trinajstić information content (AvgIpc) is 2.16. The Morgan fingerprint density at radius 1 is 1.69 bits per heavy atom. The predicted octanol–water partition coefficient (Wildman–Crippen LogP) is 1.44. The van der Waals surface area contributed by atoms with Crippen LogP contribution < -0.4 is 10.5 Å². The second-order valence-corrected chi connectivity index (χ2v) is 3.08. The van der Waals surface area contributed by atoms with Gasteiger partial charge in [0.1, 0.15) is 11.7 Å². The van der Waals surface area contributed by atoms with E-state index in [0.717, 1.165) is 18.2 Å². The molecule has 0 aliphatic rings. The number of halogens is 1. The van der Waals surface area contributed by atoms with E-state index in [2.05, 4.69) is 0 Å². The summed E-state index contributed by atoms with van der Waals surface area (Å²) in [6.45, 7) is 1.44. The molecule has 1 atom stereocenters. The van der Waals surface area contributed by atoms with Crippen LogP contribution in [0.1, 0.15) is 6.92 Å². The summed E-state index contributed by atoms with van der Waals surface area (Å²) in [5.74, 6) is -1.19. The highest BCUT2D eigenvalue weighted by Crippen LogP contribution is 2.28. The van der Waals surface area contributed by atoms with Crippen molar-refractivity contribution in [2.24, 2.45) is 5.73 Å². The molecule has 1 rings (SSSR count). The van der Waals surface area contributed by atoms with Crippen LogP contribution in [0.4, 0.5) is 10.1 Å². The first-order chi connectivity index (χ1) is 7.41. The Morgan fingerprint density at radius 3 is 2.81 bits per heavy atom. The second kappa shape index (κ2) is 4.56. The molecule has 0 aromatic heterocycles. The number of amidine groups is 1. The van der Waals surface area contributed by atoms with Crippen molar-refractivity contribution in [2.75, 3.05) is 0 Å². The van der Waals surface area contributed by atoms with Gasteiger partial charge in [0.2, 0.25) is 5.75 Å². The summed E-state index contributed by atoms with van der Waals surface area (Å²) in [4.78, 5) is 9.91. The minimum atomic E-state index is -0.847. The molecular formula is C9H10FN3O3. The fraction of sp³-hybridized carbons (Fsp3) is 0.222. The van der Waals surface area contributed by atoms with Gasteiger partial charge in [0.05, 0.1) is 4.92 Å². The van der Waals surface area contributed by atoms with Crippen molar-refractivity contribution in [3.05, 3.63) is 34.1 Å².